The second kappa shape index (κ2) is 9.04. The van der Waals surface area contributed by atoms with Crippen LogP contribution in [0.2, 0.25) is 0 Å². The van der Waals surface area contributed by atoms with Crippen molar-refractivity contribution in [2.75, 3.05) is 6.54 Å². The summed E-state index contributed by atoms with van der Waals surface area (Å²) in [7, 11) is 1.71. The van der Waals surface area contributed by atoms with E-state index in [1.54, 1.807) is 23.9 Å². The van der Waals surface area contributed by atoms with Crippen molar-refractivity contribution in [3.8, 4) is 0 Å². The summed E-state index contributed by atoms with van der Waals surface area (Å²) >= 11 is 3.26. The van der Waals surface area contributed by atoms with Crippen molar-refractivity contribution in [2.24, 2.45) is 7.05 Å². The Balaban J connectivity index is 1.67. The highest BCUT2D eigenvalue weighted by Crippen LogP contribution is 2.13. The Hall–Kier alpha value is -2.81. The van der Waals surface area contributed by atoms with Gasteiger partial charge in [0.05, 0.1) is 0 Å². The van der Waals surface area contributed by atoms with Crippen molar-refractivity contribution in [3.05, 3.63) is 57.8 Å². The van der Waals surface area contributed by atoms with Crippen molar-refractivity contribution in [2.45, 2.75) is 13.5 Å². The molecule has 0 aliphatic rings. The van der Waals surface area contributed by atoms with Crippen molar-refractivity contribution in [1.82, 2.24) is 26.1 Å². The molecule has 0 radical (unpaired) electrons. The maximum Gasteiger partial charge on any atom is 0.315 e. The van der Waals surface area contributed by atoms with Gasteiger partial charge in [0.25, 0.3) is 11.8 Å². The van der Waals surface area contributed by atoms with Crippen LogP contribution >= 0.6 is 15.9 Å². The minimum atomic E-state index is -0.544. The van der Waals surface area contributed by atoms with Gasteiger partial charge in [0, 0.05) is 24.3 Å². The predicted molar refractivity (Wildman–Crippen MR) is 100 cm³/mol. The number of hydrogen-bond acceptors (Lipinski definition) is 3. The van der Waals surface area contributed by atoms with Crippen LogP contribution in [-0.4, -0.2) is 29.0 Å². The molecule has 1 aromatic heterocycles. The summed E-state index contributed by atoms with van der Waals surface area (Å²) in [5, 5.41) is 5.07. The highest BCUT2D eigenvalue weighted by molar-refractivity contribution is 9.10. The van der Waals surface area contributed by atoms with Gasteiger partial charge in [0.2, 0.25) is 0 Å². The molecule has 0 saturated heterocycles. The van der Waals surface area contributed by atoms with Crippen molar-refractivity contribution < 1.29 is 14.4 Å². The predicted octanol–water partition coefficient (Wildman–Crippen LogP) is 1.36. The number of amides is 4. The van der Waals surface area contributed by atoms with Crippen LogP contribution in [0.3, 0.4) is 0 Å². The number of benzene rings is 1. The second-order valence-electron chi connectivity index (χ2n) is 5.68. The fourth-order valence-electron chi connectivity index (χ4n) is 2.10. The summed E-state index contributed by atoms with van der Waals surface area (Å²) in [4.78, 5) is 35.3. The molecule has 138 valence electrons. The minimum absolute atomic E-state index is 0.267. The minimum Gasteiger partial charge on any atom is -0.345 e. The number of aryl methyl sites for hydroxylation is 2. The van der Waals surface area contributed by atoms with E-state index in [0.717, 1.165) is 15.6 Å². The Morgan fingerprint density at radius 1 is 1.08 bits per heavy atom. The van der Waals surface area contributed by atoms with Crippen LogP contribution in [0.4, 0.5) is 4.79 Å². The largest absolute Gasteiger partial charge is 0.345 e. The molecule has 0 unspecified atom stereocenters. The third-order valence-electron chi connectivity index (χ3n) is 3.50. The smallest absolute Gasteiger partial charge is 0.315 e. The zero-order valence-corrected chi connectivity index (χ0v) is 16.0. The van der Waals surface area contributed by atoms with E-state index in [9.17, 15) is 14.4 Å². The van der Waals surface area contributed by atoms with E-state index in [0.29, 0.717) is 12.2 Å². The molecule has 4 N–H and O–H groups in total. The lowest BCUT2D eigenvalue weighted by molar-refractivity contribution is -0.120. The Morgan fingerprint density at radius 3 is 2.38 bits per heavy atom. The van der Waals surface area contributed by atoms with Gasteiger partial charge in [-0.3, -0.25) is 20.4 Å². The number of urea groups is 1. The maximum atomic E-state index is 11.9. The molecule has 26 heavy (non-hydrogen) atoms. The first kappa shape index (κ1) is 19.5. The first-order chi connectivity index (χ1) is 12.3. The SMILES string of the molecule is Cc1ccc(CNC(=O)NCC(=O)NNC(=O)c2cc(Br)cn2C)cc1. The molecule has 8 nitrogen and oxygen atoms in total. The van der Waals surface area contributed by atoms with Gasteiger partial charge in [0.1, 0.15) is 12.2 Å². The summed E-state index contributed by atoms with van der Waals surface area (Å²) in [6.07, 6.45) is 1.72. The van der Waals surface area contributed by atoms with Crippen LogP contribution in [-0.2, 0) is 18.4 Å². The average Bonchev–Trinajstić information content (AvgIpc) is 2.95. The topological polar surface area (TPSA) is 104 Å². The highest BCUT2D eigenvalue weighted by atomic mass is 79.9. The fraction of sp³-hybridized carbons (Fsp3) is 0.235. The standard InChI is InChI=1S/C17H20BrN5O3/c1-11-3-5-12(6-4-11)8-19-17(26)20-9-15(24)21-22-16(25)14-7-13(18)10-23(14)2/h3-7,10H,8-9H2,1-2H3,(H,21,24)(H,22,25)(H2,19,20,26). The van der Waals surface area contributed by atoms with E-state index in [1.807, 2.05) is 31.2 Å². The van der Waals surface area contributed by atoms with E-state index in [4.69, 9.17) is 0 Å². The summed E-state index contributed by atoms with van der Waals surface area (Å²) in [6.45, 7) is 2.07. The number of halogens is 1. The lowest BCUT2D eigenvalue weighted by atomic mass is 10.1. The zero-order chi connectivity index (χ0) is 19.1. The molecule has 2 aromatic rings. The van der Waals surface area contributed by atoms with Crippen molar-refractivity contribution in [1.29, 1.82) is 0 Å². The van der Waals surface area contributed by atoms with Gasteiger partial charge in [-0.25, -0.2) is 4.79 Å². The molecule has 0 atom stereocenters. The molecule has 2 rings (SSSR count). The van der Waals surface area contributed by atoms with Gasteiger partial charge in [0.15, 0.2) is 0 Å². The number of hydrogen-bond donors (Lipinski definition) is 4. The quantitative estimate of drug-likeness (QED) is 0.547. The van der Waals surface area contributed by atoms with Crippen LogP contribution in [0, 0.1) is 6.92 Å². The van der Waals surface area contributed by atoms with Gasteiger partial charge in [-0.05, 0) is 34.5 Å². The molecule has 4 amide bonds. The Labute approximate surface area is 159 Å². The Kier molecular flexibility index (Phi) is 6.79. The molecular formula is C17H20BrN5O3. The van der Waals surface area contributed by atoms with E-state index in [-0.39, 0.29) is 6.54 Å². The molecule has 9 heteroatoms. The monoisotopic (exact) mass is 421 g/mol. The van der Waals surface area contributed by atoms with Gasteiger partial charge >= 0.3 is 6.03 Å². The van der Waals surface area contributed by atoms with Crippen molar-refractivity contribution in [3.63, 3.8) is 0 Å². The van der Waals surface area contributed by atoms with Gasteiger partial charge in [-0.2, -0.15) is 0 Å². The van der Waals surface area contributed by atoms with Gasteiger partial charge in [-0.15, -0.1) is 0 Å². The van der Waals surface area contributed by atoms with Crippen LogP contribution < -0.4 is 21.5 Å². The average molecular weight is 422 g/mol. The fourth-order valence-corrected chi connectivity index (χ4v) is 2.62. The molecule has 1 aromatic carbocycles. The number of rotatable bonds is 5. The van der Waals surface area contributed by atoms with Gasteiger partial charge in [-0.1, -0.05) is 29.8 Å². The molecule has 0 saturated carbocycles. The van der Waals surface area contributed by atoms with Crippen LogP contribution in [0.25, 0.3) is 0 Å². The number of carbonyl (C=O) groups is 3. The van der Waals surface area contributed by atoms with Crippen LogP contribution in [0.1, 0.15) is 21.6 Å². The van der Waals surface area contributed by atoms with E-state index >= 15 is 0 Å². The van der Waals surface area contributed by atoms with Gasteiger partial charge < -0.3 is 15.2 Å². The Bertz CT molecular complexity index is 801. The van der Waals surface area contributed by atoms with Crippen molar-refractivity contribution >= 4 is 33.8 Å². The third-order valence-corrected chi connectivity index (χ3v) is 3.94. The molecule has 0 bridgehead atoms. The Morgan fingerprint density at radius 2 is 1.77 bits per heavy atom. The summed E-state index contributed by atoms with van der Waals surface area (Å²) in [5.74, 6) is -1.01. The highest BCUT2D eigenvalue weighted by Gasteiger charge is 2.12. The third kappa shape index (κ3) is 5.92. The summed E-state index contributed by atoms with van der Waals surface area (Å²) in [6, 6.07) is 8.89. The molecule has 0 spiro atoms. The van der Waals surface area contributed by atoms with E-state index in [2.05, 4.69) is 37.4 Å². The molecular weight excluding hydrogens is 402 g/mol. The number of carbonyl (C=O) groups excluding carboxylic acids is 3. The number of hydrazine groups is 1. The molecule has 0 aliphatic carbocycles. The van der Waals surface area contributed by atoms with Crippen LogP contribution in [0.15, 0.2) is 41.0 Å². The molecule has 1 heterocycles. The lowest BCUT2D eigenvalue weighted by Crippen LogP contribution is -2.48. The lowest BCUT2D eigenvalue weighted by Gasteiger charge is -2.10. The second-order valence-corrected chi connectivity index (χ2v) is 6.59. The number of aromatic nitrogens is 1. The van der Waals surface area contributed by atoms with Crippen LogP contribution in [0.5, 0.6) is 0 Å². The first-order valence-corrected chi connectivity index (χ1v) is 8.62. The molecule has 0 aliphatic heterocycles. The number of nitrogens with one attached hydrogen (secondary N) is 4. The number of nitrogens with zero attached hydrogens (tertiary/aromatic N) is 1. The summed E-state index contributed by atoms with van der Waals surface area (Å²) < 4.78 is 2.37. The zero-order valence-electron chi connectivity index (χ0n) is 14.4. The maximum absolute atomic E-state index is 11.9. The van der Waals surface area contributed by atoms with E-state index < -0.39 is 17.8 Å². The normalized spacial score (nSPS) is 10.1. The first-order valence-electron chi connectivity index (χ1n) is 7.83. The van der Waals surface area contributed by atoms with E-state index in [1.165, 1.54) is 0 Å². The molecule has 0 fully saturated rings. The summed E-state index contributed by atoms with van der Waals surface area (Å²) in [5.41, 5.74) is 7.00.